The van der Waals surface area contributed by atoms with Gasteiger partial charge < -0.3 is 36.6 Å². The van der Waals surface area contributed by atoms with Gasteiger partial charge in [-0.05, 0) is 11.1 Å². The fraction of sp³-hybridized carbons (Fsp3) is 0.381. The maximum absolute atomic E-state index is 12.7. The molecule has 14 nitrogen and oxygen atoms in total. The molecule has 36 heavy (non-hydrogen) atoms. The van der Waals surface area contributed by atoms with Gasteiger partial charge in [-0.25, -0.2) is 4.79 Å². The largest absolute Gasteiger partial charge is 0.481 e. The van der Waals surface area contributed by atoms with Crippen molar-refractivity contribution >= 4 is 54.7 Å². The summed E-state index contributed by atoms with van der Waals surface area (Å²) in [7, 11) is 0. The molecular formula is C21H26N4O10S. The smallest absolute Gasteiger partial charge is 0.327 e. The molecule has 0 unspecified atom stereocenters. The van der Waals surface area contributed by atoms with Gasteiger partial charge in [0.2, 0.25) is 24.1 Å². The minimum atomic E-state index is -1.75. The summed E-state index contributed by atoms with van der Waals surface area (Å²) < 4.78 is 0. The van der Waals surface area contributed by atoms with Gasteiger partial charge in [-0.1, -0.05) is 24.3 Å². The second kappa shape index (κ2) is 15.0. The Morgan fingerprint density at radius 3 is 1.69 bits per heavy atom. The third-order valence-corrected chi connectivity index (χ3v) is 4.98. The van der Waals surface area contributed by atoms with Gasteiger partial charge in [0.05, 0.1) is 19.3 Å². The molecule has 4 amide bonds. The van der Waals surface area contributed by atoms with Crippen LogP contribution in [0.2, 0.25) is 0 Å². The van der Waals surface area contributed by atoms with Crippen LogP contribution in [0, 0.1) is 0 Å². The molecule has 0 aliphatic rings. The second-order valence-electron chi connectivity index (χ2n) is 7.45. The van der Waals surface area contributed by atoms with E-state index < -0.39 is 66.6 Å². The Kier molecular flexibility index (Phi) is 12.4. The van der Waals surface area contributed by atoms with Gasteiger partial charge in [-0.15, -0.1) is 0 Å². The molecular weight excluding hydrogens is 500 g/mol. The van der Waals surface area contributed by atoms with Crippen LogP contribution >= 0.6 is 12.6 Å². The van der Waals surface area contributed by atoms with Crippen LogP contribution in [0.1, 0.15) is 24.0 Å². The molecule has 0 radical (unpaired) electrons. The van der Waals surface area contributed by atoms with E-state index in [9.17, 15) is 33.6 Å². The third kappa shape index (κ3) is 10.9. The van der Waals surface area contributed by atoms with E-state index >= 15 is 0 Å². The first-order valence-electron chi connectivity index (χ1n) is 10.4. The zero-order chi connectivity index (χ0) is 27.3. The highest BCUT2D eigenvalue weighted by molar-refractivity contribution is 7.80. The Labute approximate surface area is 210 Å². The van der Waals surface area contributed by atoms with Gasteiger partial charge in [0.15, 0.2) is 0 Å². The molecule has 1 rings (SSSR count). The van der Waals surface area contributed by atoms with E-state index in [1.54, 1.807) is 24.3 Å². The summed E-state index contributed by atoms with van der Waals surface area (Å²) in [6.45, 7) is 0.281. The van der Waals surface area contributed by atoms with Crippen molar-refractivity contribution in [2.45, 2.75) is 43.9 Å². The summed E-state index contributed by atoms with van der Waals surface area (Å²) in [5.74, 6) is -7.74. The lowest BCUT2D eigenvalue weighted by molar-refractivity contribution is -0.144. The average Bonchev–Trinajstić information content (AvgIpc) is 2.80. The molecule has 0 aliphatic carbocycles. The van der Waals surface area contributed by atoms with Gasteiger partial charge >= 0.3 is 17.9 Å². The SMILES string of the molecule is O=CNCc1ccc(CC(=O)N[C@H](CC(=O)O)C(=O)N[C@H](CC(=O)O)C(=O)N[C@H](CS)C(=O)O)cc1. The van der Waals surface area contributed by atoms with Crippen LogP contribution in [0.4, 0.5) is 0 Å². The van der Waals surface area contributed by atoms with Crippen molar-refractivity contribution in [1.29, 1.82) is 0 Å². The van der Waals surface area contributed by atoms with Crippen molar-refractivity contribution < 1.29 is 48.9 Å². The van der Waals surface area contributed by atoms with Crippen LogP contribution in [0.25, 0.3) is 0 Å². The highest BCUT2D eigenvalue weighted by Gasteiger charge is 2.31. The standard InChI is InChI=1S/C21H26N4O10S/c26-10-22-8-12-3-1-11(2-4-12)5-16(27)23-13(6-17(28)29)19(32)24-14(7-18(30)31)20(33)25-15(9-36)21(34)35/h1-4,10,13-15,36H,5-9H2,(H,22,26)(H,23,27)(H,24,32)(H,25,33)(H,28,29)(H,30,31)(H,34,35)/t13-,14-,15-/m1/s1. The maximum Gasteiger partial charge on any atom is 0.327 e. The summed E-state index contributed by atoms with van der Waals surface area (Å²) in [5, 5.41) is 36.0. The topological polar surface area (TPSA) is 228 Å². The van der Waals surface area contributed by atoms with Crippen LogP contribution in [0.3, 0.4) is 0 Å². The number of aliphatic carboxylic acids is 3. The summed E-state index contributed by atoms with van der Waals surface area (Å²) in [6, 6.07) is 1.63. The van der Waals surface area contributed by atoms with Crippen molar-refractivity contribution in [2.75, 3.05) is 5.75 Å². The molecule has 0 saturated heterocycles. The van der Waals surface area contributed by atoms with Crippen LogP contribution in [0.15, 0.2) is 24.3 Å². The Balaban J connectivity index is 2.92. The van der Waals surface area contributed by atoms with Crippen LogP contribution in [-0.2, 0) is 46.5 Å². The number of thiol groups is 1. The highest BCUT2D eigenvalue weighted by Crippen LogP contribution is 2.06. The number of hydrogen-bond donors (Lipinski definition) is 8. The minimum absolute atomic E-state index is 0.230. The van der Waals surface area contributed by atoms with Crippen LogP contribution in [-0.4, -0.2) is 81.2 Å². The molecule has 1 aromatic rings. The van der Waals surface area contributed by atoms with E-state index in [0.29, 0.717) is 12.0 Å². The lowest BCUT2D eigenvalue weighted by Gasteiger charge is -2.22. The predicted octanol–water partition coefficient (Wildman–Crippen LogP) is -2.11. The number of benzene rings is 1. The first kappa shape index (κ1) is 29.9. The molecule has 0 spiro atoms. The number of rotatable bonds is 16. The number of hydrogen-bond acceptors (Lipinski definition) is 8. The average molecular weight is 527 g/mol. The molecule has 1 aromatic carbocycles. The molecule has 0 bridgehead atoms. The molecule has 0 aliphatic heterocycles. The maximum atomic E-state index is 12.7. The number of carbonyl (C=O) groups is 7. The van der Waals surface area contributed by atoms with Gasteiger partial charge in [-0.3, -0.25) is 28.8 Å². The number of nitrogens with one attached hydrogen (secondary N) is 4. The molecule has 7 N–H and O–H groups in total. The zero-order valence-corrected chi connectivity index (χ0v) is 19.7. The third-order valence-electron chi connectivity index (χ3n) is 4.62. The van der Waals surface area contributed by atoms with Gasteiger partial charge in [0, 0.05) is 12.3 Å². The summed E-state index contributed by atoms with van der Waals surface area (Å²) in [4.78, 5) is 81.3. The molecule has 0 fully saturated rings. The first-order valence-corrected chi connectivity index (χ1v) is 11.0. The molecule has 15 heteroatoms. The van der Waals surface area contributed by atoms with Crippen molar-refractivity contribution in [3.63, 3.8) is 0 Å². The Bertz CT molecular complexity index is 985. The van der Waals surface area contributed by atoms with Crippen molar-refractivity contribution in [3.8, 4) is 0 Å². The summed E-state index contributed by atoms with van der Waals surface area (Å²) >= 11 is 3.78. The Morgan fingerprint density at radius 1 is 0.778 bits per heavy atom. The number of carbonyl (C=O) groups excluding carboxylic acids is 4. The number of carboxylic acids is 3. The van der Waals surface area contributed by atoms with E-state index in [2.05, 4.69) is 28.6 Å². The van der Waals surface area contributed by atoms with E-state index in [4.69, 9.17) is 15.3 Å². The van der Waals surface area contributed by atoms with Crippen LogP contribution < -0.4 is 21.3 Å². The fourth-order valence-corrected chi connectivity index (χ4v) is 3.11. The Hall–Kier alpha value is -4.14. The van der Waals surface area contributed by atoms with Crippen molar-refractivity contribution in [1.82, 2.24) is 21.3 Å². The summed E-state index contributed by atoms with van der Waals surface area (Å²) in [5.41, 5.74) is 1.28. The highest BCUT2D eigenvalue weighted by atomic mass is 32.1. The minimum Gasteiger partial charge on any atom is -0.481 e. The quantitative estimate of drug-likeness (QED) is 0.0863. The Morgan fingerprint density at radius 2 is 1.25 bits per heavy atom. The molecule has 0 saturated carbocycles. The fourth-order valence-electron chi connectivity index (χ4n) is 2.86. The van der Waals surface area contributed by atoms with Gasteiger partial charge in [-0.2, -0.15) is 12.6 Å². The van der Waals surface area contributed by atoms with Gasteiger partial charge in [0.1, 0.15) is 18.1 Å². The van der Waals surface area contributed by atoms with Crippen molar-refractivity contribution in [3.05, 3.63) is 35.4 Å². The van der Waals surface area contributed by atoms with Crippen LogP contribution in [0.5, 0.6) is 0 Å². The summed E-state index contributed by atoms with van der Waals surface area (Å²) in [6.07, 6.45) is -1.50. The number of amides is 4. The first-order chi connectivity index (χ1) is 17.0. The van der Waals surface area contributed by atoms with E-state index in [0.717, 1.165) is 5.56 Å². The predicted molar refractivity (Wildman–Crippen MR) is 125 cm³/mol. The molecule has 196 valence electrons. The zero-order valence-electron chi connectivity index (χ0n) is 18.8. The van der Waals surface area contributed by atoms with Crippen molar-refractivity contribution in [2.24, 2.45) is 0 Å². The second-order valence-corrected chi connectivity index (χ2v) is 7.82. The lowest BCUT2D eigenvalue weighted by atomic mass is 10.1. The lowest BCUT2D eigenvalue weighted by Crippen LogP contribution is -2.57. The normalized spacial score (nSPS) is 12.8. The molecule has 3 atom stereocenters. The monoisotopic (exact) mass is 526 g/mol. The van der Waals surface area contributed by atoms with E-state index in [1.807, 2.05) is 5.32 Å². The molecule has 0 aromatic heterocycles. The molecule has 0 heterocycles. The van der Waals surface area contributed by atoms with E-state index in [-0.39, 0.29) is 18.7 Å². The number of carboxylic acid groups (broad SMARTS) is 3. The van der Waals surface area contributed by atoms with E-state index in [1.165, 1.54) is 0 Å². The van der Waals surface area contributed by atoms with Gasteiger partial charge in [0.25, 0.3) is 0 Å².